The third-order valence-corrected chi connectivity index (χ3v) is 4.21. The van der Waals surface area contributed by atoms with E-state index in [1.807, 2.05) is 31.3 Å². The van der Waals surface area contributed by atoms with Crippen LogP contribution in [0.25, 0.3) is 11.4 Å². The largest absolute Gasteiger partial charge is 0.324 e. The molecule has 23 heavy (non-hydrogen) atoms. The van der Waals surface area contributed by atoms with Crippen LogP contribution in [-0.2, 0) is 20.1 Å². The van der Waals surface area contributed by atoms with Crippen molar-refractivity contribution in [1.82, 2.24) is 20.1 Å². The van der Waals surface area contributed by atoms with Gasteiger partial charge in [0.1, 0.15) is 0 Å². The summed E-state index contributed by atoms with van der Waals surface area (Å²) < 4.78 is 1.75. The van der Waals surface area contributed by atoms with Gasteiger partial charge in [-0.1, -0.05) is 23.7 Å². The molecule has 0 spiro atoms. The molecule has 0 fully saturated rings. The Morgan fingerprint density at radius 3 is 2.70 bits per heavy atom. The van der Waals surface area contributed by atoms with E-state index in [-0.39, 0.29) is 0 Å². The fourth-order valence-electron chi connectivity index (χ4n) is 2.71. The number of hydrogen-bond acceptors (Lipinski definition) is 4. The second-order valence-electron chi connectivity index (χ2n) is 5.60. The maximum atomic E-state index is 5.91. The molecule has 3 aromatic rings. The number of rotatable bonds is 3. The summed E-state index contributed by atoms with van der Waals surface area (Å²) in [5, 5.41) is 11.8. The SMILES string of the molecule is Cn1nc(-c2ccc3c(c2)CNC3)nc1Nc1ccc(Cl)cc1. The van der Waals surface area contributed by atoms with Gasteiger partial charge in [-0.15, -0.1) is 5.10 Å². The van der Waals surface area contributed by atoms with Crippen molar-refractivity contribution < 1.29 is 0 Å². The molecule has 2 aromatic carbocycles. The van der Waals surface area contributed by atoms with Crippen LogP contribution >= 0.6 is 11.6 Å². The first-order chi connectivity index (χ1) is 11.2. The summed E-state index contributed by atoms with van der Waals surface area (Å²) in [6.07, 6.45) is 0. The smallest absolute Gasteiger partial charge is 0.225 e. The topological polar surface area (TPSA) is 54.8 Å². The molecule has 0 unspecified atom stereocenters. The van der Waals surface area contributed by atoms with E-state index in [1.54, 1.807) is 4.68 Å². The van der Waals surface area contributed by atoms with Crippen LogP contribution in [0, 0.1) is 0 Å². The molecule has 0 atom stereocenters. The third-order valence-electron chi connectivity index (χ3n) is 3.96. The molecule has 2 N–H and O–H groups in total. The van der Waals surface area contributed by atoms with Crippen molar-refractivity contribution >= 4 is 23.2 Å². The molecule has 1 aliphatic rings. The van der Waals surface area contributed by atoms with Crippen LogP contribution in [0.3, 0.4) is 0 Å². The van der Waals surface area contributed by atoms with E-state index in [0.29, 0.717) is 11.0 Å². The Kier molecular flexibility index (Phi) is 3.52. The minimum Gasteiger partial charge on any atom is -0.324 e. The van der Waals surface area contributed by atoms with Crippen molar-refractivity contribution in [3.63, 3.8) is 0 Å². The van der Waals surface area contributed by atoms with Gasteiger partial charge in [0.15, 0.2) is 5.82 Å². The predicted molar refractivity (Wildman–Crippen MR) is 91.7 cm³/mol. The molecule has 0 bridgehead atoms. The number of nitrogens with zero attached hydrogens (tertiary/aromatic N) is 3. The number of anilines is 2. The number of fused-ring (bicyclic) bond motifs is 1. The van der Waals surface area contributed by atoms with Gasteiger partial charge in [0.25, 0.3) is 0 Å². The maximum Gasteiger partial charge on any atom is 0.225 e. The minimum atomic E-state index is 0.695. The van der Waals surface area contributed by atoms with E-state index in [4.69, 9.17) is 11.6 Å². The zero-order valence-corrected chi connectivity index (χ0v) is 13.4. The molecular formula is C17H16ClN5. The average Bonchev–Trinajstić information content (AvgIpc) is 3.16. The average molecular weight is 326 g/mol. The molecule has 0 radical (unpaired) electrons. The van der Waals surface area contributed by atoms with Gasteiger partial charge >= 0.3 is 0 Å². The Balaban J connectivity index is 1.63. The van der Waals surface area contributed by atoms with E-state index >= 15 is 0 Å². The lowest BCUT2D eigenvalue weighted by Crippen LogP contribution is -1.99. The van der Waals surface area contributed by atoms with Crippen LogP contribution in [0.2, 0.25) is 5.02 Å². The first kappa shape index (κ1) is 14.2. The van der Waals surface area contributed by atoms with Crippen LogP contribution in [0.5, 0.6) is 0 Å². The van der Waals surface area contributed by atoms with Crippen molar-refractivity contribution in [1.29, 1.82) is 0 Å². The van der Waals surface area contributed by atoms with Gasteiger partial charge in [-0.3, -0.25) is 0 Å². The number of benzene rings is 2. The predicted octanol–water partition coefficient (Wildman–Crippen LogP) is 3.48. The van der Waals surface area contributed by atoms with Gasteiger partial charge in [0.05, 0.1) is 0 Å². The van der Waals surface area contributed by atoms with E-state index in [2.05, 4.69) is 38.9 Å². The molecule has 0 saturated carbocycles. The van der Waals surface area contributed by atoms with Gasteiger partial charge in [0, 0.05) is 36.4 Å². The van der Waals surface area contributed by atoms with Crippen molar-refractivity contribution in [2.24, 2.45) is 7.05 Å². The molecule has 6 heteroatoms. The Bertz CT molecular complexity index is 854. The zero-order valence-electron chi connectivity index (χ0n) is 12.7. The lowest BCUT2D eigenvalue weighted by molar-refractivity contribution is 0.764. The Labute approximate surface area is 139 Å². The number of nitrogens with one attached hydrogen (secondary N) is 2. The number of aryl methyl sites for hydroxylation is 1. The van der Waals surface area contributed by atoms with Crippen molar-refractivity contribution in [2.45, 2.75) is 13.1 Å². The third kappa shape index (κ3) is 2.81. The summed E-state index contributed by atoms with van der Waals surface area (Å²) in [6, 6.07) is 13.9. The Morgan fingerprint density at radius 2 is 1.87 bits per heavy atom. The molecule has 0 saturated heterocycles. The Morgan fingerprint density at radius 1 is 1.09 bits per heavy atom. The molecule has 0 amide bonds. The molecular weight excluding hydrogens is 310 g/mol. The number of halogens is 1. The molecule has 1 aliphatic heterocycles. The van der Waals surface area contributed by atoms with E-state index in [9.17, 15) is 0 Å². The zero-order chi connectivity index (χ0) is 15.8. The van der Waals surface area contributed by atoms with Gasteiger partial charge in [-0.05, 0) is 41.5 Å². The van der Waals surface area contributed by atoms with Crippen LogP contribution in [-0.4, -0.2) is 14.8 Å². The van der Waals surface area contributed by atoms with Crippen molar-refractivity contribution in [3.05, 3.63) is 58.6 Å². The first-order valence-corrected chi connectivity index (χ1v) is 7.83. The fraction of sp³-hybridized carbons (Fsp3) is 0.176. The van der Waals surface area contributed by atoms with E-state index in [0.717, 1.165) is 30.2 Å². The monoisotopic (exact) mass is 325 g/mol. The second-order valence-corrected chi connectivity index (χ2v) is 6.04. The fourth-order valence-corrected chi connectivity index (χ4v) is 2.84. The highest BCUT2D eigenvalue weighted by molar-refractivity contribution is 6.30. The lowest BCUT2D eigenvalue weighted by Gasteiger charge is -2.04. The first-order valence-electron chi connectivity index (χ1n) is 7.45. The van der Waals surface area contributed by atoms with Gasteiger partial charge in [-0.25, -0.2) is 4.68 Å². The molecule has 4 rings (SSSR count). The van der Waals surface area contributed by atoms with E-state index < -0.39 is 0 Å². The highest BCUT2D eigenvalue weighted by atomic mass is 35.5. The summed E-state index contributed by atoms with van der Waals surface area (Å²) in [7, 11) is 1.88. The summed E-state index contributed by atoms with van der Waals surface area (Å²) in [4.78, 5) is 4.61. The molecule has 1 aromatic heterocycles. The molecule has 2 heterocycles. The normalized spacial score (nSPS) is 13.1. The molecule has 5 nitrogen and oxygen atoms in total. The van der Waals surface area contributed by atoms with Gasteiger partial charge in [-0.2, -0.15) is 4.98 Å². The van der Waals surface area contributed by atoms with Crippen LogP contribution in [0.1, 0.15) is 11.1 Å². The number of hydrogen-bond donors (Lipinski definition) is 2. The maximum absolute atomic E-state index is 5.91. The van der Waals surface area contributed by atoms with Crippen molar-refractivity contribution in [2.75, 3.05) is 5.32 Å². The highest BCUT2D eigenvalue weighted by Gasteiger charge is 2.14. The summed E-state index contributed by atoms with van der Waals surface area (Å²) in [6.45, 7) is 1.85. The van der Waals surface area contributed by atoms with Crippen molar-refractivity contribution in [3.8, 4) is 11.4 Å². The minimum absolute atomic E-state index is 0.695. The lowest BCUT2D eigenvalue weighted by atomic mass is 10.1. The van der Waals surface area contributed by atoms with Crippen LogP contribution in [0.15, 0.2) is 42.5 Å². The highest BCUT2D eigenvalue weighted by Crippen LogP contribution is 2.25. The summed E-state index contributed by atoms with van der Waals surface area (Å²) >= 11 is 5.91. The quantitative estimate of drug-likeness (QED) is 0.774. The summed E-state index contributed by atoms with van der Waals surface area (Å²) in [5.41, 5.74) is 4.63. The van der Waals surface area contributed by atoms with Crippen LogP contribution < -0.4 is 10.6 Å². The molecule has 116 valence electrons. The van der Waals surface area contributed by atoms with Gasteiger partial charge < -0.3 is 10.6 Å². The van der Waals surface area contributed by atoms with E-state index in [1.165, 1.54) is 11.1 Å². The summed E-state index contributed by atoms with van der Waals surface area (Å²) in [5.74, 6) is 1.42. The molecule has 0 aliphatic carbocycles. The number of aromatic nitrogens is 3. The van der Waals surface area contributed by atoms with Gasteiger partial charge in [0.2, 0.25) is 5.95 Å². The van der Waals surface area contributed by atoms with Crippen LogP contribution in [0.4, 0.5) is 11.6 Å². The second kappa shape index (κ2) is 5.68. The Hall–Kier alpha value is -2.37. The standard InChI is InChI=1S/C17H16ClN5/c1-23-17(20-15-6-4-14(18)5-7-15)21-16(22-23)11-2-3-12-9-19-10-13(12)8-11/h2-8,19H,9-10H2,1H3,(H,20,21,22).